The van der Waals surface area contributed by atoms with Crippen molar-refractivity contribution in [2.45, 2.75) is 6.17 Å². The van der Waals surface area contributed by atoms with Gasteiger partial charge in [0, 0.05) is 28.8 Å². The maximum atomic E-state index is 13.1. The number of hydrogen-bond donors (Lipinski definition) is 1. The van der Waals surface area contributed by atoms with Gasteiger partial charge in [0.15, 0.2) is 0 Å². The Morgan fingerprint density at radius 2 is 1.62 bits per heavy atom. The van der Waals surface area contributed by atoms with Crippen molar-refractivity contribution in [2.75, 3.05) is 11.9 Å². The Labute approximate surface area is 173 Å². The first kappa shape index (κ1) is 18.9. The molecule has 0 spiro atoms. The van der Waals surface area contributed by atoms with Crippen molar-refractivity contribution in [1.29, 1.82) is 0 Å². The van der Waals surface area contributed by atoms with Crippen LogP contribution in [0.5, 0.6) is 0 Å². The van der Waals surface area contributed by atoms with Gasteiger partial charge in [-0.1, -0.05) is 60.1 Å². The summed E-state index contributed by atoms with van der Waals surface area (Å²) in [6.07, 6.45) is -1.05. The first-order valence-corrected chi connectivity index (χ1v) is 9.49. The molecule has 1 aliphatic heterocycles. The number of likely N-dealkylation sites (N-methyl/N-ethyl adjacent to an activating group) is 1. The Bertz CT molecular complexity index is 1090. The summed E-state index contributed by atoms with van der Waals surface area (Å²) in [7, 11) is 1.69. The Morgan fingerprint density at radius 1 is 0.966 bits per heavy atom. The van der Waals surface area contributed by atoms with Gasteiger partial charge in [0.25, 0.3) is 11.8 Å². The quantitative estimate of drug-likeness (QED) is 0.720. The average Bonchev–Trinajstić information content (AvgIpc) is 2.85. The number of carbonyl (C=O) groups excluding carboxylic acids is 2. The molecule has 1 heterocycles. The van der Waals surface area contributed by atoms with Crippen LogP contribution in [0.3, 0.4) is 0 Å². The molecule has 5 nitrogen and oxygen atoms in total. The van der Waals surface area contributed by atoms with E-state index in [0.717, 1.165) is 16.8 Å². The fourth-order valence-electron chi connectivity index (χ4n) is 3.25. The van der Waals surface area contributed by atoms with Gasteiger partial charge in [-0.05, 0) is 30.3 Å². The molecule has 4 rings (SSSR count). The monoisotopic (exact) mass is 403 g/mol. The third-order valence-electron chi connectivity index (χ3n) is 4.76. The van der Waals surface area contributed by atoms with Gasteiger partial charge >= 0.3 is 0 Å². The molecule has 2 amide bonds. The van der Waals surface area contributed by atoms with Crippen LogP contribution in [-0.4, -0.2) is 30.7 Å². The van der Waals surface area contributed by atoms with E-state index in [1.54, 1.807) is 31.3 Å². The molecule has 29 heavy (non-hydrogen) atoms. The number of carbonyl (C=O) groups is 2. The molecule has 3 aromatic rings. The molecule has 0 bridgehead atoms. The Balaban J connectivity index is 1.77. The Hall–Kier alpha value is -3.44. The molecule has 0 aliphatic carbocycles. The molecular formula is C23H18ClN3O2. The highest BCUT2D eigenvalue weighted by atomic mass is 35.5. The maximum absolute atomic E-state index is 13.1. The van der Waals surface area contributed by atoms with Crippen LogP contribution in [0.15, 0.2) is 83.9 Å². The van der Waals surface area contributed by atoms with Crippen LogP contribution < -0.4 is 10.2 Å². The second kappa shape index (κ2) is 7.89. The van der Waals surface area contributed by atoms with Crippen LogP contribution >= 0.6 is 11.6 Å². The molecule has 0 aromatic heterocycles. The molecule has 144 valence electrons. The highest BCUT2D eigenvalue weighted by Gasteiger charge is 2.31. The van der Waals surface area contributed by atoms with Crippen molar-refractivity contribution in [3.63, 3.8) is 0 Å². The van der Waals surface area contributed by atoms with Gasteiger partial charge in [-0.15, -0.1) is 0 Å². The number of amides is 2. The first-order valence-electron chi connectivity index (χ1n) is 9.11. The predicted octanol–water partition coefficient (Wildman–Crippen LogP) is 3.91. The summed E-state index contributed by atoms with van der Waals surface area (Å²) in [4.78, 5) is 32.0. The molecule has 1 N–H and O–H groups in total. The molecule has 0 saturated heterocycles. The van der Waals surface area contributed by atoms with E-state index in [2.05, 4.69) is 10.3 Å². The van der Waals surface area contributed by atoms with E-state index in [4.69, 9.17) is 11.6 Å². The van der Waals surface area contributed by atoms with Crippen molar-refractivity contribution in [2.24, 2.45) is 4.99 Å². The zero-order valence-electron chi connectivity index (χ0n) is 15.7. The minimum absolute atomic E-state index is 0.314. The number of benzene rings is 3. The zero-order valence-corrected chi connectivity index (χ0v) is 16.4. The number of para-hydroxylation sites is 1. The first-order chi connectivity index (χ1) is 14.0. The van der Waals surface area contributed by atoms with Gasteiger partial charge in [0.2, 0.25) is 6.17 Å². The molecule has 0 radical (unpaired) electrons. The zero-order chi connectivity index (χ0) is 20.4. The van der Waals surface area contributed by atoms with Crippen LogP contribution in [0.1, 0.15) is 21.5 Å². The lowest BCUT2D eigenvalue weighted by atomic mass is 10.0. The van der Waals surface area contributed by atoms with Gasteiger partial charge in [-0.2, -0.15) is 0 Å². The lowest BCUT2D eigenvalue weighted by Crippen LogP contribution is -2.46. The molecule has 3 aromatic carbocycles. The summed E-state index contributed by atoms with van der Waals surface area (Å²) in [5.41, 5.74) is 3.50. The largest absolute Gasteiger partial charge is 0.322 e. The van der Waals surface area contributed by atoms with Crippen LogP contribution in [0.2, 0.25) is 5.02 Å². The summed E-state index contributed by atoms with van der Waals surface area (Å²) in [6, 6.07) is 23.7. The van der Waals surface area contributed by atoms with Crippen molar-refractivity contribution in [3.05, 3.63) is 101 Å². The number of halogens is 1. The number of nitrogens with one attached hydrogen (secondary N) is 1. The second-order valence-electron chi connectivity index (χ2n) is 6.64. The number of rotatable bonds is 3. The minimum Gasteiger partial charge on any atom is -0.322 e. The molecule has 0 saturated carbocycles. The fraction of sp³-hybridized carbons (Fsp3) is 0.0870. The number of aliphatic imine (C=N–C) groups is 1. The maximum Gasteiger partial charge on any atom is 0.272 e. The van der Waals surface area contributed by atoms with Gasteiger partial charge in [-0.25, -0.2) is 4.99 Å². The van der Waals surface area contributed by atoms with Crippen molar-refractivity contribution < 1.29 is 9.59 Å². The number of fused-ring (bicyclic) bond motifs is 1. The smallest absolute Gasteiger partial charge is 0.272 e. The van der Waals surface area contributed by atoms with E-state index < -0.39 is 12.1 Å². The Morgan fingerprint density at radius 3 is 2.34 bits per heavy atom. The van der Waals surface area contributed by atoms with Gasteiger partial charge in [-0.3, -0.25) is 9.59 Å². The number of anilines is 1. The Kier molecular flexibility index (Phi) is 5.14. The van der Waals surface area contributed by atoms with E-state index in [9.17, 15) is 9.59 Å². The summed E-state index contributed by atoms with van der Waals surface area (Å²) < 4.78 is 0. The minimum atomic E-state index is -1.05. The lowest BCUT2D eigenvalue weighted by molar-refractivity contribution is -0.119. The van der Waals surface area contributed by atoms with E-state index in [0.29, 0.717) is 16.3 Å². The molecule has 6 heteroatoms. The highest BCUT2D eigenvalue weighted by Crippen LogP contribution is 2.27. The van der Waals surface area contributed by atoms with Crippen LogP contribution in [-0.2, 0) is 4.79 Å². The van der Waals surface area contributed by atoms with Crippen LogP contribution in [0.4, 0.5) is 5.69 Å². The number of hydrogen-bond acceptors (Lipinski definition) is 3. The third kappa shape index (κ3) is 3.77. The summed E-state index contributed by atoms with van der Waals surface area (Å²) in [5.74, 6) is -0.707. The number of benzodiazepines with no additional fused rings is 1. The van der Waals surface area contributed by atoms with Gasteiger partial charge in [0.1, 0.15) is 0 Å². The van der Waals surface area contributed by atoms with Crippen molar-refractivity contribution in [3.8, 4) is 0 Å². The van der Waals surface area contributed by atoms with Crippen LogP contribution in [0.25, 0.3) is 0 Å². The molecular weight excluding hydrogens is 386 g/mol. The molecule has 1 aliphatic rings. The average molecular weight is 404 g/mol. The SMILES string of the molecule is CN1C(=O)[C@H](NC(=O)c2ccc(Cl)cc2)N=C(c2ccccc2)c2ccccc21. The normalized spacial score (nSPS) is 15.9. The molecule has 0 unspecified atom stereocenters. The summed E-state index contributed by atoms with van der Waals surface area (Å²) in [5, 5.41) is 3.28. The van der Waals surface area contributed by atoms with E-state index in [1.807, 2.05) is 54.6 Å². The summed E-state index contributed by atoms with van der Waals surface area (Å²) in [6.45, 7) is 0. The van der Waals surface area contributed by atoms with Gasteiger partial charge in [0.05, 0.1) is 11.4 Å². The third-order valence-corrected chi connectivity index (χ3v) is 5.02. The van der Waals surface area contributed by atoms with E-state index in [-0.39, 0.29) is 5.91 Å². The highest BCUT2D eigenvalue weighted by molar-refractivity contribution is 6.30. The molecule has 1 atom stereocenters. The lowest BCUT2D eigenvalue weighted by Gasteiger charge is -2.20. The number of nitrogens with zero attached hydrogens (tertiary/aromatic N) is 2. The second-order valence-corrected chi connectivity index (χ2v) is 7.08. The predicted molar refractivity (Wildman–Crippen MR) is 115 cm³/mol. The fourth-order valence-corrected chi connectivity index (χ4v) is 3.38. The van der Waals surface area contributed by atoms with Crippen LogP contribution in [0, 0.1) is 0 Å². The topological polar surface area (TPSA) is 61.8 Å². The van der Waals surface area contributed by atoms with Crippen molar-refractivity contribution in [1.82, 2.24) is 5.32 Å². The van der Waals surface area contributed by atoms with Gasteiger partial charge < -0.3 is 10.2 Å². The molecule has 0 fully saturated rings. The van der Waals surface area contributed by atoms with E-state index >= 15 is 0 Å². The van der Waals surface area contributed by atoms with Crippen molar-refractivity contribution >= 4 is 34.8 Å². The summed E-state index contributed by atoms with van der Waals surface area (Å²) >= 11 is 5.90. The van der Waals surface area contributed by atoms with E-state index in [1.165, 1.54) is 4.90 Å². The standard InChI is InChI=1S/C23H18ClN3O2/c1-27-19-10-6-5-9-18(19)20(15-7-3-2-4-8-15)25-21(23(27)29)26-22(28)16-11-13-17(24)14-12-16/h2-14,21H,1H3,(H,26,28)/t21-/m0/s1.